The van der Waals surface area contributed by atoms with Crippen molar-refractivity contribution in [3.05, 3.63) is 42.5 Å². The Balaban J connectivity index is 1.36. The first-order valence-electron chi connectivity index (χ1n) is 12.2. The van der Waals surface area contributed by atoms with E-state index in [0.29, 0.717) is 41.4 Å². The molecule has 2 saturated heterocycles. The fourth-order valence-corrected chi connectivity index (χ4v) is 6.26. The molecule has 0 spiro atoms. The topological polar surface area (TPSA) is 112 Å². The Morgan fingerprint density at radius 1 is 1.22 bits per heavy atom. The highest BCUT2D eigenvalue weighted by molar-refractivity contribution is 7.90. The van der Waals surface area contributed by atoms with Crippen molar-refractivity contribution >= 4 is 43.9 Å². The number of rotatable bonds is 6. The number of pyridine rings is 1. The smallest absolute Gasteiger partial charge is 0.227 e. The maximum absolute atomic E-state index is 14.8. The average molecular weight is 533 g/mol. The maximum atomic E-state index is 14.8. The number of hydrogen-bond donors (Lipinski definition) is 2. The van der Waals surface area contributed by atoms with Gasteiger partial charge in [0.05, 0.1) is 18.4 Å². The monoisotopic (exact) mass is 532 g/mol. The van der Waals surface area contributed by atoms with Crippen molar-refractivity contribution < 1.29 is 22.3 Å². The minimum Gasteiger partial charge on any atom is -0.390 e. The molecule has 2 aliphatic rings. The summed E-state index contributed by atoms with van der Waals surface area (Å²) in [6.07, 6.45) is 3.62. The second-order valence-electron chi connectivity index (χ2n) is 10.3. The summed E-state index contributed by atoms with van der Waals surface area (Å²) in [5.74, 6) is 0.867. The number of aliphatic hydroxyl groups is 1. The van der Waals surface area contributed by atoms with Crippen LogP contribution in [-0.4, -0.2) is 77.9 Å². The predicted molar refractivity (Wildman–Crippen MR) is 139 cm³/mol. The average Bonchev–Trinajstić information content (AvgIpc) is 2.83. The largest absolute Gasteiger partial charge is 0.390 e. The summed E-state index contributed by atoms with van der Waals surface area (Å²) >= 11 is 0. The number of aliphatic hydroxyl groups excluding tert-OH is 1. The number of sulfone groups is 1. The molecule has 2 N–H and O–H groups in total. The molecule has 0 radical (unpaired) electrons. The Morgan fingerprint density at radius 2 is 2.00 bits per heavy atom. The van der Waals surface area contributed by atoms with Gasteiger partial charge in [0.25, 0.3) is 0 Å². The molecule has 2 aliphatic heterocycles. The Kier molecular flexibility index (Phi) is 6.43. The lowest BCUT2D eigenvalue weighted by atomic mass is 9.90. The summed E-state index contributed by atoms with van der Waals surface area (Å²) in [5, 5.41) is 14.0. The van der Waals surface area contributed by atoms with Crippen LogP contribution in [0.25, 0.3) is 10.8 Å². The number of piperidine rings is 1. The van der Waals surface area contributed by atoms with E-state index in [1.165, 1.54) is 19.2 Å². The van der Waals surface area contributed by atoms with Gasteiger partial charge in [-0.1, -0.05) is 0 Å². The molecule has 9 nitrogen and oxygen atoms in total. The van der Waals surface area contributed by atoms with Crippen LogP contribution in [0.15, 0.2) is 36.7 Å². The zero-order chi connectivity index (χ0) is 26.5. The Labute approximate surface area is 214 Å². The van der Waals surface area contributed by atoms with Crippen LogP contribution < -0.4 is 15.1 Å². The number of nitrogens with one attached hydrogen (secondary N) is 1. The van der Waals surface area contributed by atoms with Gasteiger partial charge in [0.1, 0.15) is 27.3 Å². The number of nitrogens with zero attached hydrogens (tertiary/aromatic N) is 5. The van der Waals surface area contributed by atoms with Gasteiger partial charge in [0, 0.05) is 60.2 Å². The van der Waals surface area contributed by atoms with Crippen molar-refractivity contribution in [3.8, 4) is 0 Å². The van der Waals surface area contributed by atoms with Crippen LogP contribution in [0.2, 0.25) is 0 Å². The van der Waals surface area contributed by atoms with Gasteiger partial charge in [0.15, 0.2) is 5.67 Å². The number of hydrogen-bond acceptors (Lipinski definition) is 9. The second kappa shape index (κ2) is 9.32. The number of halogens is 2. The normalized spacial score (nSPS) is 26.3. The zero-order valence-electron chi connectivity index (χ0n) is 20.9. The lowest BCUT2D eigenvalue weighted by Gasteiger charge is -2.48. The molecule has 198 valence electrons. The Hall–Kier alpha value is -3.12. The Bertz CT molecular complexity index is 1440. The molecule has 3 aromatic rings. The standard InChI is InChI=1S/C25H30F2N6O3S/c1-15-16(13-37(3,35)36)12-33(15)20-5-4-19(26)17-10-23(29-11-18(17)20)30-22-6-8-28-24(31-22)32-9-7-21(34)25(2,27)14-32/h4-6,8,10-11,15-16,21,34H,7,9,12-14H2,1-3H3,(H,28,29,30,31)/t15-,16-,21-,25+/m1/s1. The summed E-state index contributed by atoms with van der Waals surface area (Å²) in [6.45, 7) is 4.30. The van der Waals surface area contributed by atoms with E-state index in [2.05, 4.69) is 25.2 Å². The van der Waals surface area contributed by atoms with E-state index in [1.807, 2.05) is 6.92 Å². The quantitative estimate of drug-likeness (QED) is 0.495. The molecule has 0 bridgehead atoms. The van der Waals surface area contributed by atoms with Gasteiger partial charge >= 0.3 is 0 Å². The summed E-state index contributed by atoms with van der Waals surface area (Å²) < 4.78 is 52.9. The molecule has 4 heterocycles. The highest BCUT2D eigenvalue weighted by atomic mass is 32.2. The molecule has 2 aromatic heterocycles. The zero-order valence-corrected chi connectivity index (χ0v) is 21.7. The minimum atomic E-state index is -3.08. The molecule has 2 fully saturated rings. The van der Waals surface area contributed by atoms with Gasteiger partial charge in [-0.3, -0.25) is 0 Å². The van der Waals surface area contributed by atoms with E-state index in [4.69, 9.17) is 0 Å². The highest BCUT2D eigenvalue weighted by Crippen LogP contribution is 2.38. The number of benzene rings is 1. The van der Waals surface area contributed by atoms with Crippen LogP contribution >= 0.6 is 0 Å². The van der Waals surface area contributed by atoms with Crippen LogP contribution in [-0.2, 0) is 9.84 Å². The van der Waals surface area contributed by atoms with Crippen LogP contribution in [0, 0.1) is 11.7 Å². The molecular weight excluding hydrogens is 502 g/mol. The first-order chi connectivity index (χ1) is 17.4. The molecule has 0 unspecified atom stereocenters. The maximum Gasteiger partial charge on any atom is 0.227 e. The molecule has 1 aromatic carbocycles. The molecule has 0 aliphatic carbocycles. The van der Waals surface area contributed by atoms with E-state index < -0.39 is 27.4 Å². The molecular formula is C25H30F2N6O3S. The Morgan fingerprint density at radius 3 is 2.70 bits per heavy atom. The van der Waals surface area contributed by atoms with Crippen molar-refractivity contribution in [1.82, 2.24) is 15.0 Å². The fourth-order valence-electron chi connectivity index (χ4n) is 5.10. The summed E-state index contributed by atoms with van der Waals surface area (Å²) in [7, 11) is -3.08. The third kappa shape index (κ3) is 5.17. The molecule has 37 heavy (non-hydrogen) atoms. The highest BCUT2D eigenvalue weighted by Gasteiger charge is 2.40. The third-order valence-electron chi connectivity index (χ3n) is 7.31. The predicted octanol–water partition coefficient (Wildman–Crippen LogP) is 3.08. The van der Waals surface area contributed by atoms with E-state index in [0.717, 1.165) is 5.69 Å². The molecule has 5 rings (SSSR count). The van der Waals surface area contributed by atoms with Crippen LogP contribution in [0.3, 0.4) is 0 Å². The van der Waals surface area contributed by atoms with E-state index in [-0.39, 0.29) is 30.7 Å². The lowest BCUT2D eigenvalue weighted by molar-refractivity contribution is -0.00860. The number of fused-ring (bicyclic) bond motifs is 1. The minimum absolute atomic E-state index is 0.00250. The number of alkyl halides is 1. The summed E-state index contributed by atoms with van der Waals surface area (Å²) in [5.41, 5.74) is -0.961. The lowest BCUT2D eigenvalue weighted by Crippen LogP contribution is -2.57. The van der Waals surface area contributed by atoms with Crippen LogP contribution in [0.4, 0.5) is 32.1 Å². The number of aromatic nitrogens is 3. The first kappa shape index (κ1) is 25.5. The van der Waals surface area contributed by atoms with Crippen LogP contribution in [0.5, 0.6) is 0 Å². The SMILES string of the molecule is C[C@@H]1[C@@H](CS(C)(=O)=O)CN1c1ccc(F)c2cc(Nc3ccnc(N4CC[C@@H](O)[C@@](C)(F)C4)n3)ncc12. The van der Waals surface area contributed by atoms with E-state index >= 15 is 0 Å². The van der Waals surface area contributed by atoms with Gasteiger partial charge in [-0.15, -0.1) is 0 Å². The van der Waals surface area contributed by atoms with Crippen LogP contribution in [0.1, 0.15) is 20.3 Å². The van der Waals surface area contributed by atoms with Gasteiger partial charge in [-0.2, -0.15) is 4.98 Å². The van der Waals surface area contributed by atoms with Crippen molar-refractivity contribution in [2.24, 2.45) is 5.92 Å². The van der Waals surface area contributed by atoms with Gasteiger partial charge in [-0.05, 0) is 44.5 Å². The third-order valence-corrected chi connectivity index (χ3v) is 8.34. The summed E-state index contributed by atoms with van der Waals surface area (Å²) in [4.78, 5) is 16.9. The second-order valence-corrected chi connectivity index (χ2v) is 12.5. The molecule has 0 amide bonds. The van der Waals surface area contributed by atoms with Gasteiger partial charge < -0.3 is 20.2 Å². The summed E-state index contributed by atoms with van der Waals surface area (Å²) in [6, 6.07) is 6.34. The van der Waals surface area contributed by atoms with Crippen molar-refractivity contribution in [2.45, 2.75) is 38.1 Å². The first-order valence-corrected chi connectivity index (χ1v) is 14.2. The van der Waals surface area contributed by atoms with Crippen molar-refractivity contribution in [3.63, 3.8) is 0 Å². The molecule has 0 saturated carbocycles. The van der Waals surface area contributed by atoms with Crippen molar-refractivity contribution in [1.29, 1.82) is 0 Å². The molecule has 4 atom stereocenters. The molecule has 12 heteroatoms. The van der Waals surface area contributed by atoms with E-state index in [1.54, 1.807) is 35.5 Å². The van der Waals surface area contributed by atoms with Crippen molar-refractivity contribution in [2.75, 3.05) is 46.8 Å². The van der Waals surface area contributed by atoms with Gasteiger partial charge in [0.2, 0.25) is 5.95 Å². The van der Waals surface area contributed by atoms with E-state index in [9.17, 15) is 22.3 Å². The fraction of sp³-hybridized carbons (Fsp3) is 0.480. The van der Waals surface area contributed by atoms with Gasteiger partial charge in [-0.25, -0.2) is 27.2 Å². The number of anilines is 4.